The minimum atomic E-state index is -0.667. The maximum atomic E-state index is 13.1. The van der Waals surface area contributed by atoms with E-state index in [2.05, 4.69) is 17.6 Å². The van der Waals surface area contributed by atoms with Gasteiger partial charge in [0.25, 0.3) is 0 Å². The third-order valence-corrected chi connectivity index (χ3v) is 8.25. The van der Waals surface area contributed by atoms with E-state index < -0.39 is 23.7 Å². The van der Waals surface area contributed by atoms with E-state index in [-0.39, 0.29) is 42.0 Å². The predicted octanol–water partition coefficient (Wildman–Crippen LogP) is 3.52. The first kappa shape index (κ1) is 26.4. The Kier molecular flexibility index (Phi) is 8.57. The van der Waals surface area contributed by atoms with Crippen molar-refractivity contribution >= 4 is 12.0 Å². The lowest BCUT2D eigenvalue weighted by molar-refractivity contribution is -0.186. The molecule has 0 bridgehead atoms. The zero-order valence-corrected chi connectivity index (χ0v) is 20.5. The lowest BCUT2D eigenvalue weighted by Crippen LogP contribution is -2.61. The van der Waals surface area contributed by atoms with Crippen LogP contribution in [0.5, 0.6) is 0 Å². The molecule has 2 aliphatic carbocycles. The SMILES string of the molecule is CCCNC(=O)OC1CCC2(C)C(CC(=O)NCc3ccc(F)cc3)C(O)CCC2C1(C)CO. The van der Waals surface area contributed by atoms with Crippen molar-refractivity contribution in [3.63, 3.8) is 0 Å². The number of hydrogen-bond acceptors (Lipinski definition) is 5. The fourth-order valence-corrected chi connectivity index (χ4v) is 6.25. The van der Waals surface area contributed by atoms with Crippen LogP contribution >= 0.6 is 0 Å². The second-order valence-electron chi connectivity index (χ2n) is 10.4. The van der Waals surface area contributed by atoms with Crippen LogP contribution in [0.25, 0.3) is 0 Å². The summed E-state index contributed by atoms with van der Waals surface area (Å²) in [6, 6.07) is 5.98. The number of carbonyl (C=O) groups is 2. The predicted molar refractivity (Wildman–Crippen MR) is 126 cm³/mol. The van der Waals surface area contributed by atoms with Gasteiger partial charge in [0.15, 0.2) is 0 Å². The number of aliphatic hydroxyl groups is 2. The number of fused-ring (bicyclic) bond motifs is 1. The summed E-state index contributed by atoms with van der Waals surface area (Å²) in [7, 11) is 0. The second-order valence-corrected chi connectivity index (χ2v) is 10.4. The second kappa shape index (κ2) is 11.0. The van der Waals surface area contributed by atoms with Gasteiger partial charge in [0, 0.05) is 24.9 Å². The molecule has 4 N–H and O–H groups in total. The maximum absolute atomic E-state index is 13.1. The summed E-state index contributed by atoms with van der Waals surface area (Å²) >= 11 is 0. The molecule has 6 unspecified atom stereocenters. The van der Waals surface area contributed by atoms with Crippen LogP contribution in [0.1, 0.15) is 64.9 Å². The fourth-order valence-electron chi connectivity index (χ4n) is 6.25. The van der Waals surface area contributed by atoms with Gasteiger partial charge >= 0.3 is 6.09 Å². The van der Waals surface area contributed by atoms with Gasteiger partial charge in [0.05, 0.1) is 12.7 Å². The summed E-state index contributed by atoms with van der Waals surface area (Å²) in [4.78, 5) is 25.1. The summed E-state index contributed by atoms with van der Waals surface area (Å²) in [5.74, 6) is -0.784. The minimum absolute atomic E-state index is 0.0129. The molecule has 190 valence electrons. The van der Waals surface area contributed by atoms with E-state index >= 15 is 0 Å². The van der Waals surface area contributed by atoms with Crippen molar-refractivity contribution in [1.82, 2.24) is 10.6 Å². The van der Waals surface area contributed by atoms with E-state index in [0.717, 1.165) is 12.0 Å². The van der Waals surface area contributed by atoms with Crippen LogP contribution in [0.3, 0.4) is 0 Å². The molecule has 0 heterocycles. The van der Waals surface area contributed by atoms with E-state index in [1.165, 1.54) is 12.1 Å². The molecule has 2 fully saturated rings. The smallest absolute Gasteiger partial charge is 0.407 e. The molecule has 34 heavy (non-hydrogen) atoms. The molecule has 8 heteroatoms. The van der Waals surface area contributed by atoms with Crippen molar-refractivity contribution in [3.8, 4) is 0 Å². The first-order valence-corrected chi connectivity index (χ1v) is 12.4. The lowest BCUT2D eigenvalue weighted by atomic mass is 9.46. The van der Waals surface area contributed by atoms with Crippen molar-refractivity contribution < 1.29 is 28.9 Å². The fraction of sp³-hybridized carbons (Fsp3) is 0.692. The number of nitrogens with one attached hydrogen (secondary N) is 2. The Balaban J connectivity index is 1.71. The molecule has 0 saturated heterocycles. The van der Waals surface area contributed by atoms with Gasteiger partial charge in [-0.05, 0) is 67.1 Å². The summed E-state index contributed by atoms with van der Waals surface area (Å²) < 4.78 is 18.9. The normalized spacial score (nSPS) is 33.0. The molecule has 2 saturated carbocycles. The van der Waals surface area contributed by atoms with Gasteiger partial charge in [-0.25, -0.2) is 9.18 Å². The van der Waals surface area contributed by atoms with Crippen molar-refractivity contribution in [2.45, 2.75) is 78.0 Å². The van der Waals surface area contributed by atoms with Gasteiger partial charge in [-0.1, -0.05) is 32.9 Å². The number of rotatable bonds is 8. The Bertz CT molecular complexity index is 850. The quantitative estimate of drug-likeness (QED) is 0.457. The molecule has 0 aromatic heterocycles. The van der Waals surface area contributed by atoms with Gasteiger partial charge in [-0.3, -0.25) is 4.79 Å². The number of amides is 2. The Morgan fingerprint density at radius 1 is 1.15 bits per heavy atom. The van der Waals surface area contributed by atoms with Crippen molar-refractivity contribution in [3.05, 3.63) is 35.6 Å². The largest absolute Gasteiger partial charge is 0.446 e. The highest BCUT2D eigenvalue weighted by atomic mass is 19.1. The Morgan fingerprint density at radius 2 is 1.85 bits per heavy atom. The van der Waals surface area contributed by atoms with Gasteiger partial charge < -0.3 is 25.6 Å². The van der Waals surface area contributed by atoms with Crippen LogP contribution < -0.4 is 10.6 Å². The maximum Gasteiger partial charge on any atom is 0.407 e. The van der Waals surface area contributed by atoms with Gasteiger partial charge in [-0.15, -0.1) is 0 Å². The number of ether oxygens (including phenoxy) is 1. The van der Waals surface area contributed by atoms with Crippen LogP contribution in [0.4, 0.5) is 9.18 Å². The zero-order chi connectivity index (χ0) is 24.9. The van der Waals surface area contributed by atoms with Crippen molar-refractivity contribution in [1.29, 1.82) is 0 Å². The Labute approximate surface area is 201 Å². The van der Waals surface area contributed by atoms with Gasteiger partial charge in [0.1, 0.15) is 11.9 Å². The zero-order valence-electron chi connectivity index (χ0n) is 20.5. The summed E-state index contributed by atoms with van der Waals surface area (Å²) in [5.41, 5.74) is -0.253. The molecule has 6 atom stereocenters. The van der Waals surface area contributed by atoms with E-state index in [0.29, 0.717) is 38.8 Å². The van der Waals surface area contributed by atoms with Gasteiger partial charge in [0.2, 0.25) is 5.91 Å². The lowest BCUT2D eigenvalue weighted by Gasteiger charge is -2.60. The molecule has 0 spiro atoms. The highest BCUT2D eigenvalue weighted by molar-refractivity contribution is 5.76. The highest BCUT2D eigenvalue weighted by Crippen LogP contribution is 2.61. The van der Waals surface area contributed by atoms with E-state index in [4.69, 9.17) is 4.74 Å². The molecule has 0 radical (unpaired) electrons. The summed E-state index contributed by atoms with van der Waals surface area (Å²) in [6.45, 7) is 6.70. The summed E-state index contributed by atoms with van der Waals surface area (Å²) in [6.07, 6.45) is 1.92. The van der Waals surface area contributed by atoms with Crippen LogP contribution in [-0.4, -0.2) is 47.6 Å². The van der Waals surface area contributed by atoms with Crippen LogP contribution in [0, 0.1) is 28.5 Å². The topological polar surface area (TPSA) is 108 Å². The number of hydrogen-bond donors (Lipinski definition) is 4. The molecule has 1 aromatic rings. The van der Waals surface area contributed by atoms with E-state index in [1.807, 2.05) is 13.8 Å². The molecule has 3 rings (SSSR count). The molecule has 1 aromatic carbocycles. The monoisotopic (exact) mass is 478 g/mol. The molecule has 2 aliphatic rings. The Hall–Kier alpha value is -2.19. The number of benzene rings is 1. The van der Waals surface area contributed by atoms with Crippen molar-refractivity contribution in [2.24, 2.45) is 22.7 Å². The van der Waals surface area contributed by atoms with Crippen molar-refractivity contribution in [2.75, 3.05) is 13.2 Å². The average Bonchev–Trinajstić information content (AvgIpc) is 2.81. The first-order valence-electron chi connectivity index (χ1n) is 12.4. The van der Waals surface area contributed by atoms with E-state index in [9.17, 15) is 24.2 Å². The molecule has 7 nitrogen and oxygen atoms in total. The molecular weight excluding hydrogens is 439 g/mol. The molecular formula is C26H39FN2O5. The number of halogens is 1. The minimum Gasteiger partial charge on any atom is -0.446 e. The molecule has 2 amide bonds. The molecule has 0 aliphatic heterocycles. The van der Waals surface area contributed by atoms with Crippen LogP contribution in [0.2, 0.25) is 0 Å². The number of alkyl carbamates (subject to hydrolysis) is 1. The van der Waals surface area contributed by atoms with Crippen LogP contribution in [0.15, 0.2) is 24.3 Å². The van der Waals surface area contributed by atoms with E-state index in [1.54, 1.807) is 12.1 Å². The number of aliphatic hydroxyl groups excluding tert-OH is 2. The van der Waals surface area contributed by atoms with Crippen LogP contribution in [-0.2, 0) is 16.1 Å². The standard InChI is InChI=1S/C26H39FN2O5/c1-4-13-28-24(33)34-22-11-12-25(2)19(20(31)9-10-21(25)26(22,3)16-30)14-23(32)29-15-17-5-7-18(27)8-6-17/h5-8,19-22,30-31H,4,9-16H2,1-3H3,(H,28,33)(H,29,32). The summed E-state index contributed by atoms with van der Waals surface area (Å²) in [5, 5.41) is 27.0. The number of carbonyl (C=O) groups excluding carboxylic acids is 2. The first-order chi connectivity index (χ1) is 16.1. The highest BCUT2D eigenvalue weighted by Gasteiger charge is 2.60. The third kappa shape index (κ3) is 5.54. The Morgan fingerprint density at radius 3 is 2.50 bits per heavy atom. The van der Waals surface area contributed by atoms with Gasteiger partial charge in [-0.2, -0.15) is 0 Å². The third-order valence-electron chi connectivity index (χ3n) is 8.25. The average molecular weight is 479 g/mol.